The molecule has 0 saturated carbocycles. The van der Waals surface area contributed by atoms with E-state index >= 15 is 0 Å². The first-order valence-corrected chi connectivity index (χ1v) is 6.57. The summed E-state index contributed by atoms with van der Waals surface area (Å²) in [5, 5.41) is 23.9. The molecule has 2 aromatic rings. The van der Waals surface area contributed by atoms with E-state index in [2.05, 4.69) is 10.5 Å². The summed E-state index contributed by atoms with van der Waals surface area (Å²) in [4.78, 5) is 0. The van der Waals surface area contributed by atoms with E-state index in [0.29, 0.717) is 26.3 Å². The number of phenolic OH excluding ortho intramolecular Hbond substituents is 2. The average Bonchev–Trinajstić information content (AvgIpc) is 2.37. The van der Waals surface area contributed by atoms with Crippen molar-refractivity contribution in [3.05, 3.63) is 51.0 Å². The fourth-order valence-electron chi connectivity index (χ4n) is 1.47. The third-order valence-electron chi connectivity index (χ3n) is 2.43. The van der Waals surface area contributed by atoms with Gasteiger partial charge in [-0.2, -0.15) is 5.10 Å². The molecule has 0 amide bonds. The van der Waals surface area contributed by atoms with Crippen molar-refractivity contribution in [3.8, 4) is 11.5 Å². The van der Waals surface area contributed by atoms with Crippen molar-refractivity contribution >= 4 is 46.7 Å². The van der Waals surface area contributed by atoms with E-state index in [-0.39, 0.29) is 11.5 Å². The van der Waals surface area contributed by atoms with E-state index in [1.807, 2.05) is 0 Å². The number of nitrogens with zero attached hydrogens (tertiary/aromatic N) is 1. The molecular formula is C13H9Cl3N2O2. The molecule has 0 heterocycles. The van der Waals surface area contributed by atoms with Gasteiger partial charge >= 0.3 is 0 Å². The van der Waals surface area contributed by atoms with Gasteiger partial charge in [0.15, 0.2) is 11.5 Å². The van der Waals surface area contributed by atoms with Crippen LogP contribution in [0, 0.1) is 0 Å². The second-order valence-electron chi connectivity index (χ2n) is 3.83. The van der Waals surface area contributed by atoms with E-state index in [1.54, 1.807) is 12.1 Å². The third kappa shape index (κ3) is 3.28. The smallest absolute Gasteiger partial charge is 0.166 e. The highest BCUT2D eigenvalue weighted by molar-refractivity contribution is 6.41. The molecule has 0 aromatic heterocycles. The Morgan fingerprint density at radius 1 is 1.05 bits per heavy atom. The molecule has 0 unspecified atom stereocenters. The second-order valence-corrected chi connectivity index (χ2v) is 5.08. The van der Waals surface area contributed by atoms with E-state index in [4.69, 9.17) is 34.8 Å². The number of hydrogen-bond donors (Lipinski definition) is 3. The normalized spacial score (nSPS) is 10.9. The maximum atomic E-state index is 9.60. The van der Waals surface area contributed by atoms with Crippen molar-refractivity contribution in [2.24, 2.45) is 5.10 Å². The van der Waals surface area contributed by atoms with Gasteiger partial charge in [-0.25, -0.2) is 0 Å². The molecule has 4 nitrogen and oxygen atoms in total. The van der Waals surface area contributed by atoms with Crippen LogP contribution in [0.15, 0.2) is 35.4 Å². The van der Waals surface area contributed by atoms with Gasteiger partial charge in [-0.15, -0.1) is 0 Å². The van der Waals surface area contributed by atoms with Crippen LogP contribution in [-0.4, -0.2) is 16.4 Å². The molecule has 3 N–H and O–H groups in total. The first kappa shape index (κ1) is 14.8. The molecule has 0 fully saturated rings. The van der Waals surface area contributed by atoms with Gasteiger partial charge in [0.25, 0.3) is 0 Å². The van der Waals surface area contributed by atoms with Gasteiger partial charge in [0.05, 0.1) is 21.9 Å². The van der Waals surface area contributed by atoms with Gasteiger partial charge in [-0.05, 0) is 24.3 Å². The number of benzene rings is 2. The van der Waals surface area contributed by atoms with Crippen LogP contribution < -0.4 is 5.43 Å². The Bertz CT molecular complexity index is 652. The molecule has 7 heteroatoms. The Morgan fingerprint density at radius 2 is 1.70 bits per heavy atom. The predicted octanol–water partition coefficient (Wildman–Crippen LogP) is 4.50. The van der Waals surface area contributed by atoms with E-state index in [1.165, 1.54) is 24.4 Å². The fourth-order valence-corrected chi connectivity index (χ4v) is 2.37. The van der Waals surface area contributed by atoms with Crippen LogP contribution in [0.5, 0.6) is 11.5 Å². The predicted molar refractivity (Wildman–Crippen MR) is 82.5 cm³/mol. The number of aromatic hydroxyl groups is 2. The maximum Gasteiger partial charge on any atom is 0.166 e. The van der Waals surface area contributed by atoms with Gasteiger partial charge in [-0.3, -0.25) is 5.43 Å². The average molecular weight is 332 g/mol. The number of para-hydroxylation sites is 1. The summed E-state index contributed by atoms with van der Waals surface area (Å²) in [5.41, 5.74) is 3.40. The van der Waals surface area contributed by atoms with Gasteiger partial charge in [0.2, 0.25) is 0 Å². The standard InChI is InChI=1S/C13H9Cl3N2O2/c14-8-4-9(15)12(10(16)5-8)18-17-6-7-2-1-3-11(19)13(7)20/h1-6,18-20H. The van der Waals surface area contributed by atoms with Crippen LogP contribution in [0.4, 0.5) is 5.69 Å². The molecule has 104 valence electrons. The zero-order valence-corrected chi connectivity index (χ0v) is 12.2. The van der Waals surface area contributed by atoms with Crippen molar-refractivity contribution in [2.75, 3.05) is 5.43 Å². The highest BCUT2D eigenvalue weighted by Gasteiger charge is 2.07. The third-order valence-corrected chi connectivity index (χ3v) is 3.25. The topological polar surface area (TPSA) is 64.9 Å². The first-order valence-electron chi connectivity index (χ1n) is 5.43. The molecule has 0 atom stereocenters. The van der Waals surface area contributed by atoms with Crippen molar-refractivity contribution in [3.63, 3.8) is 0 Å². The Morgan fingerprint density at radius 3 is 2.35 bits per heavy atom. The maximum absolute atomic E-state index is 9.60. The lowest BCUT2D eigenvalue weighted by Gasteiger charge is -2.06. The quantitative estimate of drug-likeness (QED) is 0.440. The summed E-state index contributed by atoms with van der Waals surface area (Å²) in [5.74, 6) is -0.483. The van der Waals surface area contributed by atoms with Crippen molar-refractivity contribution in [1.29, 1.82) is 0 Å². The molecule has 0 aliphatic rings. The lowest BCUT2D eigenvalue weighted by atomic mass is 10.2. The number of nitrogens with one attached hydrogen (secondary N) is 1. The number of hydrazone groups is 1. The van der Waals surface area contributed by atoms with Crippen molar-refractivity contribution in [2.45, 2.75) is 0 Å². The van der Waals surface area contributed by atoms with Crippen LogP contribution in [0.3, 0.4) is 0 Å². The summed E-state index contributed by atoms with van der Waals surface area (Å²) < 4.78 is 0. The Labute approximate surface area is 130 Å². The number of rotatable bonds is 3. The van der Waals surface area contributed by atoms with Gasteiger partial charge in [0.1, 0.15) is 0 Å². The lowest BCUT2D eigenvalue weighted by molar-refractivity contribution is 0.403. The van der Waals surface area contributed by atoms with E-state index < -0.39 is 0 Å². The summed E-state index contributed by atoms with van der Waals surface area (Å²) in [6, 6.07) is 7.59. The molecule has 2 aromatic carbocycles. The minimum absolute atomic E-state index is 0.225. The minimum Gasteiger partial charge on any atom is -0.504 e. The van der Waals surface area contributed by atoms with Gasteiger partial charge in [-0.1, -0.05) is 40.9 Å². The zero-order valence-electron chi connectivity index (χ0n) is 9.94. The highest BCUT2D eigenvalue weighted by Crippen LogP contribution is 2.33. The monoisotopic (exact) mass is 330 g/mol. The van der Waals surface area contributed by atoms with E-state index in [9.17, 15) is 10.2 Å². The summed E-state index contributed by atoms with van der Waals surface area (Å²) in [7, 11) is 0. The molecule has 0 aliphatic carbocycles. The van der Waals surface area contributed by atoms with Gasteiger partial charge in [0, 0.05) is 10.6 Å². The van der Waals surface area contributed by atoms with Crippen LogP contribution in [0.1, 0.15) is 5.56 Å². The summed E-state index contributed by atoms with van der Waals surface area (Å²) in [6.45, 7) is 0. The molecule has 2 rings (SSSR count). The molecule has 20 heavy (non-hydrogen) atoms. The number of phenols is 2. The first-order chi connectivity index (χ1) is 9.49. The molecule has 0 spiro atoms. The van der Waals surface area contributed by atoms with Crippen LogP contribution in [0.2, 0.25) is 15.1 Å². The molecule has 0 saturated heterocycles. The number of hydrogen-bond acceptors (Lipinski definition) is 4. The largest absolute Gasteiger partial charge is 0.504 e. The Kier molecular flexibility index (Phi) is 4.60. The zero-order chi connectivity index (χ0) is 14.7. The number of anilines is 1. The van der Waals surface area contributed by atoms with Crippen molar-refractivity contribution in [1.82, 2.24) is 0 Å². The Hall–Kier alpha value is -1.62. The van der Waals surface area contributed by atoms with Crippen molar-refractivity contribution < 1.29 is 10.2 Å². The Balaban J connectivity index is 2.21. The minimum atomic E-state index is -0.258. The SMILES string of the molecule is Oc1cccc(C=NNc2c(Cl)cc(Cl)cc2Cl)c1O. The molecular weight excluding hydrogens is 323 g/mol. The molecule has 0 bridgehead atoms. The second kappa shape index (κ2) is 6.22. The van der Waals surface area contributed by atoms with Crippen LogP contribution in [0.25, 0.3) is 0 Å². The summed E-state index contributed by atoms with van der Waals surface area (Å²) in [6.07, 6.45) is 1.33. The molecule has 0 radical (unpaired) electrons. The lowest BCUT2D eigenvalue weighted by Crippen LogP contribution is -1.93. The van der Waals surface area contributed by atoms with Crippen LogP contribution >= 0.6 is 34.8 Å². The number of halogens is 3. The highest BCUT2D eigenvalue weighted by atomic mass is 35.5. The fraction of sp³-hybridized carbons (Fsp3) is 0. The van der Waals surface area contributed by atoms with Crippen LogP contribution in [-0.2, 0) is 0 Å². The molecule has 0 aliphatic heterocycles. The van der Waals surface area contributed by atoms with Gasteiger partial charge < -0.3 is 10.2 Å². The van der Waals surface area contributed by atoms with E-state index in [0.717, 1.165) is 0 Å². The summed E-state index contributed by atoms with van der Waals surface area (Å²) >= 11 is 17.8.